The molecule has 1 aliphatic carbocycles. The van der Waals surface area contributed by atoms with Crippen LogP contribution in [0.25, 0.3) is 49.8 Å². The van der Waals surface area contributed by atoms with Crippen molar-refractivity contribution in [3.63, 3.8) is 0 Å². The normalized spacial score (nSPS) is 16.5. The average Bonchev–Trinajstić information content (AvgIpc) is 3.70. The summed E-state index contributed by atoms with van der Waals surface area (Å²) in [6.45, 7) is 23.6. The molecule has 3 nitrogen and oxygen atoms in total. The second kappa shape index (κ2) is 16.1. The molecule has 0 bridgehead atoms. The van der Waals surface area contributed by atoms with Crippen LogP contribution >= 0.6 is 0 Å². The molecule has 0 radical (unpaired) electrons. The van der Waals surface area contributed by atoms with Crippen LogP contribution in [-0.4, -0.2) is 4.57 Å². The molecule has 3 heteroatoms. The van der Waals surface area contributed by atoms with E-state index in [0.717, 1.165) is 40.5 Å². The first-order chi connectivity index (χ1) is 34.0. The van der Waals surface area contributed by atoms with Crippen molar-refractivity contribution in [1.29, 1.82) is 0 Å². The Kier molecular flexibility index (Phi) is 10.2. The van der Waals surface area contributed by atoms with Gasteiger partial charge >= 0.3 is 0 Å². The summed E-state index contributed by atoms with van der Waals surface area (Å²) in [5.41, 5.74) is 22.9. The Hall–Kier alpha value is -7.36. The number of hydrogen-bond acceptors (Lipinski definition) is 2. The molecular formula is C68H65N3. The van der Waals surface area contributed by atoms with Crippen molar-refractivity contribution in [2.75, 3.05) is 9.80 Å². The number of rotatable bonds is 8. The zero-order chi connectivity index (χ0) is 49.2. The molecule has 9 aromatic rings. The highest BCUT2D eigenvalue weighted by atomic mass is 15.1. The minimum absolute atomic E-state index is 0.0835. The number of benzene rings is 8. The standard InChI is InChI=1S/C68H65N3/c1-65(2,3)48-28-36-54(37-29-48)69(50-18-13-11-14-19-50)52-32-24-44(25-33-52)46-40-56-57-41-47(43-61-63(57)71-62(56)60(42-46)67(7,8)58-22-17-23-59(64(58)71)68(61,9)10)45-26-34-53(35-27-45)70(51-20-15-12-16-21-51)55-38-30-49(31-39-55)66(4,5)6/h11-22,24-43,59H,23H2,1-10H3. The van der Waals surface area contributed by atoms with E-state index in [2.05, 4.69) is 278 Å². The Morgan fingerprint density at radius 2 is 0.817 bits per heavy atom. The number of hydrogen-bond donors (Lipinski definition) is 0. The van der Waals surface area contributed by atoms with Crippen molar-refractivity contribution in [3.05, 3.63) is 222 Å². The number of allylic oxidation sites excluding steroid dienone is 4. The smallest absolute Gasteiger partial charge is 0.0579 e. The molecule has 3 aliphatic rings. The predicted molar refractivity (Wildman–Crippen MR) is 304 cm³/mol. The van der Waals surface area contributed by atoms with Gasteiger partial charge in [0.25, 0.3) is 0 Å². The van der Waals surface area contributed by atoms with Gasteiger partial charge in [-0.25, -0.2) is 0 Å². The summed E-state index contributed by atoms with van der Waals surface area (Å²) in [6, 6.07) is 68.3. The van der Waals surface area contributed by atoms with Crippen LogP contribution in [0.4, 0.5) is 34.1 Å². The third-order valence-electron chi connectivity index (χ3n) is 16.3. The number of anilines is 6. The molecule has 1 atom stereocenters. The Bertz CT molecular complexity index is 3550. The van der Waals surface area contributed by atoms with Crippen LogP contribution in [0.2, 0.25) is 0 Å². The number of para-hydroxylation sites is 2. The summed E-state index contributed by atoms with van der Waals surface area (Å²) in [5.74, 6) is 0.368. The molecule has 352 valence electrons. The van der Waals surface area contributed by atoms with Crippen molar-refractivity contribution in [2.45, 2.75) is 97.3 Å². The number of nitrogens with zero attached hydrogens (tertiary/aromatic N) is 3. The highest BCUT2D eigenvalue weighted by molar-refractivity contribution is 6.17. The van der Waals surface area contributed by atoms with Crippen LogP contribution in [0, 0.1) is 5.92 Å². The van der Waals surface area contributed by atoms with Crippen LogP contribution in [0.5, 0.6) is 0 Å². The summed E-state index contributed by atoms with van der Waals surface area (Å²) in [5, 5.41) is 2.67. The highest BCUT2D eigenvalue weighted by Gasteiger charge is 2.48. The minimum Gasteiger partial charge on any atom is -0.312 e. The van der Waals surface area contributed by atoms with Crippen LogP contribution in [0.15, 0.2) is 200 Å². The SMILES string of the molecule is CC(C)(C)c1ccc(N(c2ccccc2)c2ccc(-c3cc4c5c(c3)c3cc(-c6ccc(N(c7ccccc7)c7ccc(C(C)(C)C)cc7)cc6)cc6c3n5C3=C(C=CCC3C6(C)C)C4(C)C)cc2)cc1. The maximum Gasteiger partial charge on any atom is 0.0579 e. The van der Waals surface area contributed by atoms with E-state index in [4.69, 9.17) is 0 Å². The fourth-order valence-electron chi connectivity index (χ4n) is 12.2. The maximum atomic E-state index is 2.71. The minimum atomic E-state index is -0.184. The second-order valence-corrected chi connectivity index (χ2v) is 23.5. The van der Waals surface area contributed by atoms with Gasteiger partial charge in [-0.05, 0) is 164 Å². The Labute approximate surface area is 421 Å². The molecule has 3 heterocycles. The fourth-order valence-corrected chi connectivity index (χ4v) is 12.2. The number of fused-ring (bicyclic) bond motifs is 1. The van der Waals surface area contributed by atoms with Gasteiger partial charge < -0.3 is 14.4 Å². The highest BCUT2D eigenvalue weighted by Crippen LogP contribution is 2.60. The summed E-state index contributed by atoms with van der Waals surface area (Å²) < 4.78 is 2.71. The van der Waals surface area contributed by atoms with E-state index in [-0.39, 0.29) is 21.7 Å². The molecule has 0 spiro atoms. The van der Waals surface area contributed by atoms with Crippen molar-refractivity contribution in [1.82, 2.24) is 4.57 Å². The molecule has 0 saturated heterocycles. The molecule has 8 aromatic carbocycles. The molecular weight excluding hydrogens is 859 g/mol. The topological polar surface area (TPSA) is 11.4 Å². The van der Waals surface area contributed by atoms with E-state index in [9.17, 15) is 0 Å². The molecule has 1 aromatic heterocycles. The maximum absolute atomic E-state index is 2.71. The van der Waals surface area contributed by atoms with Gasteiger partial charge in [0.15, 0.2) is 0 Å². The number of aromatic nitrogens is 1. The molecule has 2 aliphatic heterocycles. The summed E-state index contributed by atoms with van der Waals surface area (Å²) in [7, 11) is 0. The zero-order valence-corrected chi connectivity index (χ0v) is 43.1. The molecule has 12 rings (SSSR count). The quantitative estimate of drug-likeness (QED) is 0.150. The van der Waals surface area contributed by atoms with Crippen molar-refractivity contribution < 1.29 is 0 Å². The van der Waals surface area contributed by atoms with E-state index in [1.165, 1.54) is 77.6 Å². The van der Waals surface area contributed by atoms with E-state index >= 15 is 0 Å². The van der Waals surface area contributed by atoms with Crippen LogP contribution in [0.1, 0.15) is 97.9 Å². The van der Waals surface area contributed by atoms with Crippen LogP contribution < -0.4 is 9.80 Å². The molecule has 1 unspecified atom stereocenters. The first-order valence-corrected chi connectivity index (χ1v) is 25.7. The largest absolute Gasteiger partial charge is 0.312 e. The van der Waals surface area contributed by atoms with E-state index < -0.39 is 0 Å². The van der Waals surface area contributed by atoms with Crippen molar-refractivity contribution in [3.8, 4) is 22.3 Å². The lowest BCUT2D eigenvalue weighted by Gasteiger charge is -2.48. The van der Waals surface area contributed by atoms with Crippen LogP contribution in [0.3, 0.4) is 0 Å². The molecule has 0 amide bonds. The molecule has 0 N–H and O–H groups in total. The Morgan fingerprint density at radius 1 is 0.437 bits per heavy atom. The lowest BCUT2D eigenvalue weighted by molar-refractivity contribution is 0.371. The van der Waals surface area contributed by atoms with Crippen molar-refractivity contribution >= 4 is 61.6 Å². The molecule has 0 fully saturated rings. The fraction of sp³-hybridized carbons (Fsp3) is 0.235. The van der Waals surface area contributed by atoms with Gasteiger partial charge in [0.1, 0.15) is 0 Å². The van der Waals surface area contributed by atoms with Gasteiger partial charge in [-0.2, -0.15) is 0 Å². The van der Waals surface area contributed by atoms with Gasteiger partial charge in [0.2, 0.25) is 0 Å². The lowest BCUT2D eigenvalue weighted by atomic mass is 9.62. The predicted octanol–water partition coefficient (Wildman–Crippen LogP) is 19.0. The van der Waals surface area contributed by atoms with Crippen molar-refractivity contribution in [2.24, 2.45) is 5.92 Å². The summed E-state index contributed by atoms with van der Waals surface area (Å²) in [6.07, 6.45) is 5.94. The monoisotopic (exact) mass is 924 g/mol. The van der Waals surface area contributed by atoms with E-state index in [0.29, 0.717) is 5.92 Å². The van der Waals surface area contributed by atoms with E-state index in [1.807, 2.05) is 0 Å². The summed E-state index contributed by atoms with van der Waals surface area (Å²) in [4.78, 5) is 4.74. The zero-order valence-electron chi connectivity index (χ0n) is 43.1. The first-order valence-electron chi connectivity index (χ1n) is 25.7. The van der Waals surface area contributed by atoms with Crippen LogP contribution in [-0.2, 0) is 21.7 Å². The first kappa shape index (κ1) is 44.8. The van der Waals surface area contributed by atoms with Gasteiger partial charge in [0, 0.05) is 67.3 Å². The molecule has 0 saturated carbocycles. The second-order valence-electron chi connectivity index (χ2n) is 23.5. The average molecular weight is 924 g/mol. The van der Waals surface area contributed by atoms with Gasteiger partial charge in [0.05, 0.1) is 11.0 Å². The molecule has 71 heavy (non-hydrogen) atoms. The lowest BCUT2D eigenvalue weighted by Crippen LogP contribution is -2.40. The third kappa shape index (κ3) is 7.22. The summed E-state index contributed by atoms with van der Waals surface area (Å²) >= 11 is 0. The van der Waals surface area contributed by atoms with E-state index in [1.54, 1.807) is 0 Å². The Morgan fingerprint density at radius 3 is 1.24 bits per heavy atom. The third-order valence-corrected chi connectivity index (χ3v) is 16.3. The Balaban J connectivity index is 1.000. The van der Waals surface area contributed by atoms with Gasteiger partial charge in [-0.3, -0.25) is 0 Å². The van der Waals surface area contributed by atoms with Gasteiger partial charge in [-0.1, -0.05) is 166 Å². The van der Waals surface area contributed by atoms with Gasteiger partial charge in [-0.15, -0.1) is 0 Å².